The Morgan fingerprint density at radius 3 is 3.00 bits per heavy atom. The van der Waals surface area contributed by atoms with Crippen LogP contribution in [-0.2, 0) is 6.42 Å². The molecular formula is C9H11NO. The Balaban J connectivity index is 2.43. The Kier molecular flexibility index (Phi) is 1.36. The first-order valence-electron chi connectivity index (χ1n) is 3.83. The molecule has 0 saturated heterocycles. The van der Waals surface area contributed by atoms with Crippen LogP contribution in [0.15, 0.2) is 18.2 Å². The van der Waals surface area contributed by atoms with Crippen molar-refractivity contribution in [1.29, 1.82) is 0 Å². The van der Waals surface area contributed by atoms with Gasteiger partial charge in [0.15, 0.2) is 0 Å². The van der Waals surface area contributed by atoms with Crippen molar-refractivity contribution >= 4 is 0 Å². The van der Waals surface area contributed by atoms with Crippen LogP contribution < -0.4 is 5.73 Å². The minimum absolute atomic E-state index is 0.395. The quantitative estimate of drug-likeness (QED) is 0.625. The summed E-state index contributed by atoms with van der Waals surface area (Å²) in [6.07, 6.45) is 1.03. The molecule has 1 atom stereocenters. The van der Waals surface area contributed by atoms with Crippen LogP contribution in [0.2, 0.25) is 0 Å². The number of hydrogen-bond acceptors (Lipinski definition) is 2. The lowest BCUT2D eigenvalue weighted by molar-refractivity contribution is 0.447. The molecule has 1 aromatic rings. The number of rotatable bonds is 1. The van der Waals surface area contributed by atoms with Gasteiger partial charge in [0.1, 0.15) is 5.75 Å². The summed E-state index contributed by atoms with van der Waals surface area (Å²) in [5.74, 6) is 0.801. The second kappa shape index (κ2) is 2.24. The minimum Gasteiger partial charge on any atom is -0.508 e. The van der Waals surface area contributed by atoms with Crippen molar-refractivity contribution in [3.05, 3.63) is 29.3 Å². The van der Waals surface area contributed by atoms with E-state index in [2.05, 4.69) is 0 Å². The molecule has 0 aromatic heterocycles. The third kappa shape index (κ3) is 0.828. The van der Waals surface area contributed by atoms with Gasteiger partial charge in [0.05, 0.1) is 0 Å². The Morgan fingerprint density at radius 2 is 2.36 bits per heavy atom. The SMILES string of the molecule is NCC1Cc2cccc(O)c21. The van der Waals surface area contributed by atoms with Crippen LogP contribution >= 0.6 is 0 Å². The van der Waals surface area contributed by atoms with E-state index in [-0.39, 0.29) is 0 Å². The van der Waals surface area contributed by atoms with Gasteiger partial charge < -0.3 is 10.8 Å². The highest BCUT2D eigenvalue weighted by Gasteiger charge is 2.27. The second-order valence-electron chi connectivity index (χ2n) is 2.99. The average molecular weight is 149 g/mol. The molecule has 1 unspecified atom stereocenters. The highest BCUT2D eigenvalue weighted by molar-refractivity contribution is 5.49. The molecule has 0 bridgehead atoms. The van der Waals surface area contributed by atoms with E-state index >= 15 is 0 Å². The van der Waals surface area contributed by atoms with Gasteiger partial charge in [-0.1, -0.05) is 12.1 Å². The molecule has 2 nitrogen and oxygen atoms in total. The molecule has 2 rings (SSSR count). The van der Waals surface area contributed by atoms with Gasteiger partial charge in [-0.05, 0) is 24.6 Å². The molecule has 0 saturated carbocycles. The maximum absolute atomic E-state index is 9.40. The zero-order valence-electron chi connectivity index (χ0n) is 6.25. The summed E-state index contributed by atoms with van der Waals surface area (Å²) >= 11 is 0. The Morgan fingerprint density at radius 1 is 1.55 bits per heavy atom. The molecule has 2 heteroatoms. The first-order chi connectivity index (χ1) is 5.33. The van der Waals surface area contributed by atoms with Gasteiger partial charge in [-0.2, -0.15) is 0 Å². The summed E-state index contributed by atoms with van der Waals surface area (Å²) in [4.78, 5) is 0. The average Bonchev–Trinajstić information content (AvgIpc) is 1.93. The zero-order valence-corrected chi connectivity index (χ0v) is 6.25. The third-order valence-corrected chi connectivity index (χ3v) is 2.33. The fourth-order valence-electron chi connectivity index (χ4n) is 1.69. The van der Waals surface area contributed by atoms with E-state index in [4.69, 9.17) is 5.73 Å². The molecule has 0 fully saturated rings. The first kappa shape index (κ1) is 6.68. The van der Waals surface area contributed by atoms with Crippen molar-refractivity contribution in [3.63, 3.8) is 0 Å². The number of phenolic OH excluding ortho intramolecular Hbond substituents is 1. The van der Waals surface area contributed by atoms with Gasteiger partial charge in [-0.15, -0.1) is 0 Å². The smallest absolute Gasteiger partial charge is 0.119 e. The molecule has 1 aromatic carbocycles. The van der Waals surface area contributed by atoms with E-state index in [1.807, 2.05) is 12.1 Å². The molecule has 0 heterocycles. The molecule has 58 valence electrons. The van der Waals surface area contributed by atoms with Crippen molar-refractivity contribution in [3.8, 4) is 5.75 Å². The summed E-state index contributed by atoms with van der Waals surface area (Å²) in [7, 11) is 0. The predicted molar refractivity (Wildman–Crippen MR) is 43.6 cm³/mol. The van der Waals surface area contributed by atoms with Crippen molar-refractivity contribution in [2.24, 2.45) is 5.73 Å². The number of benzene rings is 1. The summed E-state index contributed by atoms with van der Waals surface area (Å²) in [6.45, 7) is 0.643. The highest BCUT2D eigenvalue weighted by Crippen LogP contribution is 2.39. The summed E-state index contributed by atoms with van der Waals surface area (Å²) in [5.41, 5.74) is 7.82. The lowest BCUT2D eigenvalue weighted by Crippen LogP contribution is -2.24. The predicted octanol–water partition coefficient (Wildman–Crippen LogP) is 0.991. The molecule has 1 aliphatic rings. The summed E-state index contributed by atoms with van der Waals surface area (Å²) in [6, 6.07) is 5.64. The molecule has 0 aliphatic heterocycles. The topological polar surface area (TPSA) is 46.2 Å². The van der Waals surface area contributed by atoms with Gasteiger partial charge in [0.25, 0.3) is 0 Å². The second-order valence-corrected chi connectivity index (χ2v) is 2.99. The van der Waals surface area contributed by atoms with Crippen LogP contribution in [0, 0.1) is 0 Å². The third-order valence-electron chi connectivity index (χ3n) is 2.33. The number of phenols is 1. The Hall–Kier alpha value is -1.02. The lowest BCUT2D eigenvalue weighted by Gasteiger charge is -2.29. The van der Waals surface area contributed by atoms with Gasteiger partial charge in [0, 0.05) is 11.5 Å². The zero-order chi connectivity index (χ0) is 7.84. The monoisotopic (exact) mass is 149 g/mol. The highest BCUT2D eigenvalue weighted by atomic mass is 16.3. The van der Waals surface area contributed by atoms with Gasteiger partial charge in [-0.3, -0.25) is 0 Å². The summed E-state index contributed by atoms with van der Waals surface area (Å²) in [5, 5.41) is 9.40. The molecule has 0 spiro atoms. The Labute approximate surface area is 65.7 Å². The fraction of sp³-hybridized carbons (Fsp3) is 0.333. The van der Waals surface area contributed by atoms with Crippen LogP contribution in [-0.4, -0.2) is 11.7 Å². The molecule has 1 aliphatic carbocycles. The molecule has 0 amide bonds. The molecular weight excluding hydrogens is 138 g/mol. The lowest BCUT2D eigenvalue weighted by atomic mass is 9.77. The van der Waals surface area contributed by atoms with Gasteiger partial charge in [-0.25, -0.2) is 0 Å². The van der Waals surface area contributed by atoms with E-state index in [1.54, 1.807) is 6.07 Å². The van der Waals surface area contributed by atoms with Gasteiger partial charge >= 0.3 is 0 Å². The van der Waals surface area contributed by atoms with Crippen molar-refractivity contribution < 1.29 is 5.11 Å². The summed E-state index contributed by atoms with van der Waals surface area (Å²) < 4.78 is 0. The van der Waals surface area contributed by atoms with Crippen molar-refractivity contribution in [2.45, 2.75) is 12.3 Å². The fourth-order valence-corrected chi connectivity index (χ4v) is 1.69. The van der Waals surface area contributed by atoms with Crippen molar-refractivity contribution in [1.82, 2.24) is 0 Å². The van der Waals surface area contributed by atoms with Crippen LogP contribution in [0.5, 0.6) is 5.75 Å². The Bertz CT molecular complexity index is 269. The van der Waals surface area contributed by atoms with Crippen LogP contribution in [0.25, 0.3) is 0 Å². The molecule has 11 heavy (non-hydrogen) atoms. The van der Waals surface area contributed by atoms with Gasteiger partial charge in [0.2, 0.25) is 0 Å². The maximum Gasteiger partial charge on any atom is 0.119 e. The normalized spacial score (nSPS) is 20.6. The first-order valence-corrected chi connectivity index (χ1v) is 3.83. The van der Waals surface area contributed by atoms with Crippen LogP contribution in [0.4, 0.5) is 0 Å². The van der Waals surface area contributed by atoms with Crippen LogP contribution in [0.3, 0.4) is 0 Å². The van der Waals surface area contributed by atoms with E-state index < -0.39 is 0 Å². The maximum atomic E-state index is 9.40. The largest absolute Gasteiger partial charge is 0.508 e. The number of fused-ring (bicyclic) bond motifs is 1. The number of aromatic hydroxyl groups is 1. The number of nitrogens with two attached hydrogens (primary N) is 1. The van der Waals surface area contributed by atoms with E-state index in [0.29, 0.717) is 18.2 Å². The van der Waals surface area contributed by atoms with E-state index in [0.717, 1.165) is 12.0 Å². The van der Waals surface area contributed by atoms with Crippen molar-refractivity contribution in [2.75, 3.05) is 6.54 Å². The van der Waals surface area contributed by atoms with Crippen LogP contribution in [0.1, 0.15) is 17.0 Å². The minimum atomic E-state index is 0.395. The molecule has 0 radical (unpaired) electrons. The number of hydrogen-bond donors (Lipinski definition) is 2. The van der Waals surface area contributed by atoms with E-state index in [1.165, 1.54) is 5.56 Å². The molecule has 3 N–H and O–H groups in total. The van der Waals surface area contributed by atoms with E-state index in [9.17, 15) is 5.11 Å². The standard InChI is InChI=1S/C9H11NO/c10-5-7-4-6-2-1-3-8(11)9(6)7/h1-3,7,11H,4-5,10H2.